The molecule has 0 saturated heterocycles. The molecule has 0 spiro atoms. The molecule has 0 bridgehead atoms. The van der Waals surface area contributed by atoms with Crippen LogP contribution in [0, 0.1) is 17.8 Å². The first kappa shape index (κ1) is 32.3. The van der Waals surface area contributed by atoms with E-state index in [-0.39, 0.29) is 5.97 Å². The van der Waals surface area contributed by atoms with Gasteiger partial charge in [-0.05, 0) is 93.2 Å². The SMILES string of the molecule is C=CC(C1=CCCCO1)C(C)C.CC(=O)OC/C=C/C1=CCCCO1.CC(C)C/C=C/C1=CCCCO1. The van der Waals surface area contributed by atoms with Gasteiger partial charge in [0.05, 0.1) is 25.6 Å². The molecule has 3 heterocycles. The first-order valence-corrected chi connectivity index (χ1v) is 13.9. The second-order valence-electron chi connectivity index (χ2n) is 10.0. The average Bonchev–Trinajstić information content (AvgIpc) is 2.89. The number of carbonyl (C=O) groups excluding carboxylic acids is 1. The maximum atomic E-state index is 10.4. The standard InChI is InChI=1S/2C11H18O.C10H14O3/c1-10(2)6-5-8-11-7-3-4-9-12-11;1-4-10(9(2)3)11-7-5-6-8-12-11;1-9(11)12-8-4-6-10-5-2-3-7-13-10/h5,7-8,10H,3-4,6,9H2,1-2H3;4,7,9-10H,1,5-6,8H2,2-3H3;4-6H,2-3,7-8H2,1H3/b8-5+;;6-4+. The molecular weight excluding hydrogens is 464 g/mol. The fourth-order valence-corrected chi connectivity index (χ4v) is 3.70. The molecule has 37 heavy (non-hydrogen) atoms. The van der Waals surface area contributed by atoms with Crippen LogP contribution in [0.25, 0.3) is 0 Å². The Morgan fingerprint density at radius 1 is 0.892 bits per heavy atom. The first-order chi connectivity index (χ1) is 17.8. The fraction of sp³-hybridized carbons (Fsp3) is 0.594. The van der Waals surface area contributed by atoms with Crippen LogP contribution in [0.5, 0.6) is 0 Å². The van der Waals surface area contributed by atoms with Gasteiger partial charge < -0.3 is 18.9 Å². The number of rotatable bonds is 9. The van der Waals surface area contributed by atoms with E-state index in [2.05, 4.69) is 58.6 Å². The quantitative estimate of drug-likeness (QED) is 0.229. The van der Waals surface area contributed by atoms with Crippen molar-refractivity contribution in [2.45, 2.75) is 79.6 Å². The molecule has 3 aliphatic rings. The zero-order chi connectivity index (χ0) is 27.3. The van der Waals surface area contributed by atoms with E-state index in [1.165, 1.54) is 19.8 Å². The van der Waals surface area contributed by atoms with Gasteiger partial charge in [0.15, 0.2) is 0 Å². The molecule has 0 N–H and O–H groups in total. The summed E-state index contributed by atoms with van der Waals surface area (Å²) in [5, 5.41) is 0. The van der Waals surface area contributed by atoms with Crippen molar-refractivity contribution in [2.75, 3.05) is 26.4 Å². The van der Waals surface area contributed by atoms with Crippen LogP contribution < -0.4 is 0 Å². The highest BCUT2D eigenvalue weighted by molar-refractivity contribution is 5.66. The molecule has 3 rings (SSSR count). The van der Waals surface area contributed by atoms with Crippen LogP contribution in [-0.4, -0.2) is 32.4 Å². The van der Waals surface area contributed by atoms with Crippen LogP contribution in [0.3, 0.4) is 0 Å². The fourth-order valence-electron chi connectivity index (χ4n) is 3.70. The third-order valence-electron chi connectivity index (χ3n) is 5.74. The zero-order valence-electron chi connectivity index (χ0n) is 23.9. The maximum Gasteiger partial charge on any atom is 0.302 e. The van der Waals surface area contributed by atoms with Crippen molar-refractivity contribution >= 4 is 5.97 Å². The van der Waals surface area contributed by atoms with Gasteiger partial charge in [-0.25, -0.2) is 0 Å². The Bertz CT molecular complexity index is 798. The van der Waals surface area contributed by atoms with E-state index in [1.807, 2.05) is 18.2 Å². The number of esters is 1. The minimum absolute atomic E-state index is 0.261. The molecule has 0 amide bonds. The Kier molecular flexibility index (Phi) is 17.8. The third kappa shape index (κ3) is 16.6. The van der Waals surface area contributed by atoms with Crippen molar-refractivity contribution in [3.63, 3.8) is 0 Å². The Morgan fingerprint density at radius 2 is 1.43 bits per heavy atom. The van der Waals surface area contributed by atoms with Crippen molar-refractivity contribution in [2.24, 2.45) is 17.8 Å². The van der Waals surface area contributed by atoms with Crippen LogP contribution in [0.4, 0.5) is 0 Å². The number of ether oxygens (including phenoxy) is 4. The lowest BCUT2D eigenvalue weighted by molar-refractivity contribution is -0.139. The van der Waals surface area contributed by atoms with E-state index in [0.29, 0.717) is 18.4 Å². The van der Waals surface area contributed by atoms with Crippen molar-refractivity contribution in [3.05, 3.63) is 72.5 Å². The second kappa shape index (κ2) is 20.4. The van der Waals surface area contributed by atoms with Crippen LogP contribution >= 0.6 is 0 Å². The largest absolute Gasteiger partial charge is 0.498 e. The van der Waals surface area contributed by atoms with Gasteiger partial charge in [0.2, 0.25) is 0 Å². The van der Waals surface area contributed by atoms with Gasteiger partial charge in [0.1, 0.15) is 18.1 Å². The number of allylic oxidation sites excluding steroid dienone is 7. The van der Waals surface area contributed by atoms with Crippen LogP contribution in [0.15, 0.2) is 72.5 Å². The molecule has 0 aromatic carbocycles. The normalized spacial score (nSPS) is 18.1. The lowest BCUT2D eigenvalue weighted by Crippen LogP contribution is -2.14. The molecule has 1 unspecified atom stereocenters. The molecule has 0 aromatic heterocycles. The summed E-state index contributed by atoms with van der Waals surface area (Å²) in [6, 6.07) is 0. The minimum Gasteiger partial charge on any atom is -0.498 e. The molecule has 0 aliphatic carbocycles. The molecule has 3 aliphatic heterocycles. The highest BCUT2D eigenvalue weighted by atomic mass is 16.5. The third-order valence-corrected chi connectivity index (χ3v) is 5.74. The predicted octanol–water partition coefficient (Wildman–Crippen LogP) is 8.22. The summed E-state index contributed by atoms with van der Waals surface area (Å²) in [5.41, 5.74) is 0. The molecule has 0 saturated carbocycles. The van der Waals surface area contributed by atoms with E-state index in [1.54, 1.807) is 6.08 Å². The monoisotopic (exact) mass is 514 g/mol. The van der Waals surface area contributed by atoms with E-state index in [9.17, 15) is 4.79 Å². The Hall–Kier alpha value is -2.69. The Morgan fingerprint density at radius 3 is 1.84 bits per heavy atom. The number of hydrogen-bond donors (Lipinski definition) is 0. The summed E-state index contributed by atoms with van der Waals surface area (Å²) < 4.78 is 21.1. The van der Waals surface area contributed by atoms with Crippen molar-refractivity contribution in [1.82, 2.24) is 0 Å². The molecule has 0 radical (unpaired) electrons. The molecule has 5 nitrogen and oxygen atoms in total. The lowest BCUT2D eigenvalue weighted by Gasteiger charge is -2.23. The average molecular weight is 515 g/mol. The van der Waals surface area contributed by atoms with Crippen LogP contribution in [-0.2, 0) is 23.7 Å². The van der Waals surface area contributed by atoms with Gasteiger partial charge in [-0.1, -0.05) is 39.8 Å². The van der Waals surface area contributed by atoms with E-state index in [0.717, 1.165) is 75.1 Å². The summed E-state index contributed by atoms with van der Waals surface area (Å²) in [7, 11) is 0. The van der Waals surface area contributed by atoms with E-state index < -0.39 is 0 Å². The van der Waals surface area contributed by atoms with Crippen LogP contribution in [0.1, 0.15) is 79.6 Å². The van der Waals surface area contributed by atoms with Crippen molar-refractivity contribution in [3.8, 4) is 0 Å². The summed E-state index contributed by atoms with van der Waals surface area (Å²) in [4.78, 5) is 10.4. The second-order valence-corrected chi connectivity index (χ2v) is 10.0. The zero-order valence-corrected chi connectivity index (χ0v) is 23.9. The van der Waals surface area contributed by atoms with Crippen LogP contribution in [0.2, 0.25) is 0 Å². The van der Waals surface area contributed by atoms with Gasteiger partial charge in [-0.3, -0.25) is 4.79 Å². The van der Waals surface area contributed by atoms with Gasteiger partial charge in [-0.2, -0.15) is 0 Å². The molecule has 5 heteroatoms. The summed E-state index contributed by atoms with van der Waals surface area (Å²) in [6.45, 7) is 16.9. The number of hydrogen-bond acceptors (Lipinski definition) is 5. The highest BCUT2D eigenvalue weighted by Crippen LogP contribution is 2.25. The van der Waals surface area contributed by atoms with E-state index in [4.69, 9.17) is 18.9 Å². The van der Waals surface area contributed by atoms with E-state index >= 15 is 0 Å². The molecule has 0 fully saturated rings. The Balaban J connectivity index is 0.000000278. The summed E-state index contributed by atoms with van der Waals surface area (Å²) in [6.07, 6.45) is 24.2. The molecular formula is C32H50O5. The topological polar surface area (TPSA) is 54.0 Å². The lowest BCUT2D eigenvalue weighted by atomic mass is 9.92. The minimum atomic E-state index is -0.261. The summed E-state index contributed by atoms with van der Waals surface area (Å²) >= 11 is 0. The van der Waals surface area contributed by atoms with Crippen molar-refractivity contribution < 1.29 is 23.7 Å². The number of carbonyl (C=O) groups is 1. The van der Waals surface area contributed by atoms with Gasteiger partial charge in [-0.15, -0.1) is 6.58 Å². The van der Waals surface area contributed by atoms with Gasteiger partial charge in [0, 0.05) is 12.8 Å². The maximum absolute atomic E-state index is 10.4. The smallest absolute Gasteiger partial charge is 0.302 e. The molecule has 0 aromatic rings. The highest BCUT2D eigenvalue weighted by Gasteiger charge is 2.17. The van der Waals surface area contributed by atoms with Crippen molar-refractivity contribution in [1.29, 1.82) is 0 Å². The molecule has 1 atom stereocenters. The molecule has 208 valence electrons. The first-order valence-electron chi connectivity index (χ1n) is 13.9. The van der Waals surface area contributed by atoms with Gasteiger partial charge in [0.25, 0.3) is 0 Å². The van der Waals surface area contributed by atoms with Gasteiger partial charge >= 0.3 is 5.97 Å². The Labute approximate surface area is 226 Å². The predicted molar refractivity (Wildman–Crippen MR) is 153 cm³/mol. The summed E-state index contributed by atoms with van der Waals surface area (Å²) in [5.74, 6) is 4.54.